The average Bonchev–Trinajstić information content (AvgIpc) is 3.49. The fraction of sp³-hybridized carbons (Fsp3) is 0.393. The number of hydrogen-bond donors (Lipinski definition) is 1. The Kier molecular flexibility index (Phi) is 7.15. The normalized spacial score (nSPS) is 17.9. The van der Waals surface area contributed by atoms with Crippen molar-refractivity contribution in [2.24, 2.45) is 0 Å². The number of likely N-dealkylation sites (tertiary alicyclic amines) is 1. The number of aromatic nitrogens is 4. The van der Waals surface area contributed by atoms with Gasteiger partial charge in [0.15, 0.2) is 0 Å². The fourth-order valence-corrected chi connectivity index (χ4v) is 5.10. The van der Waals surface area contributed by atoms with Gasteiger partial charge in [-0.25, -0.2) is 19.2 Å². The van der Waals surface area contributed by atoms with Crippen LogP contribution in [0, 0.1) is 17.1 Å². The number of pyridine rings is 1. The first-order chi connectivity index (χ1) is 19.5. The maximum atomic E-state index is 14.2. The van der Waals surface area contributed by atoms with Gasteiger partial charge in [0.1, 0.15) is 18.2 Å². The third kappa shape index (κ3) is 5.38. The van der Waals surface area contributed by atoms with Crippen LogP contribution in [-0.4, -0.2) is 61.3 Å². The number of rotatable bonds is 9. The highest BCUT2D eigenvalue weighted by atomic mass is 19.1. The van der Waals surface area contributed by atoms with Crippen LogP contribution in [0.4, 0.5) is 4.39 Å². The molecule has 2 saturated heterocycles. The lowest BCUT2D eigenvalue weighted by Crippen LogP contribution is -2.35. The van der Waals surface area contributed by atoms with Gasteiger partial charge in [-0.3, -0.25) is 9.47 Å². The number of carbonyl (C=O) groups is 1. The number of fused-ring (bicyclic) bond motifs is 1. The highest BCUT2D eigenvalue weighted by molar-refractivity contribution is 5.85. The monoisotopic (exact) mass is 546 g/mol. The van der Waals surface area contributed by atoms with E-state index in [9.17, 15) is 14.3 Å². The summed E-state index contributed by atoms with van der Waals surface area (Å²) in [4.78, 5) is 26.9. The van der Waals surface area contributed by atoms with E-state index in [1.54, 1.807) is 18.2 Å². The Hall–Kier alpha value is -4.34. The van der Waals surface area contributed by atoms with Gasteiger partial charge < -0.3 is 19.0 Å². The Labute approximate surface area is 228 Å². The lowest BCUT2D eigenvalue weighted by atomic mass is 9.93. The molecule has 0 spiro atoms. The summed E-state index contributed by atoms with van der Waals surface area (Å²) in [7, 11) is 0. The van der Waals surface area contributed by atoms with Crippen molar-refractivity contribution in [2.75, 3.05) is 19.7 Å². The molecule has 1 atom stereocenters. The highest BCUT2D eigenvalue weighted by Gasteiger charge is 2.28. The summed E-state index contributed by atoms with van der Waals surface area (Å²) >= 11 is 0. The molecule has 40 heavy (non-hydrogen) atoms. The topological polar surface area (TPSA) is 140 Å². The molecule has 12 heteroatoms. The maximum Gasteiger partial charge on any atom is 0.392 e. The number of hydrogen-bond acceptors (Lipinski definition) is 9. The zero-order valence-electron chi connectivity index (χ0n) is 21.6. The number of imidazole rings is 1. The van der Waals surface area contributed by atoms with Gasteiger partial charge >= 0.3 is 11.9 Å². The van der Waals surface area contributed by atoms with E-state index in [-0.39, 0.29) is 30.1 Å². The van der Waals surface area contributed by atoms with Crippen LogP contribution in [0.25, 0.3) is 11.4 Å². The molecule has 0 bridgehead atoms. The molecule has 1 N–H and O–H groups in total. The molecule has 1 unspecified atom stereocenters. The van der Waals surface area contributed by atoms with Crippen LogP contribution in [0.5, 0.6) is 5.88 Å². The van der Waals surface area contributed by atoms with E-state index in [4.69, 9.17) is 19.2 Å². The van der Waals surface area contributed by atoms with Gasteiger partial charge in [0.05, 0.1) is 30.8 Å². The number of piperidine rings is 1. The summed E-state index contributed by atoms with van der Waals surface area (Å²) in [5.41, 5.74) is 2.22. The van der Waals surface area contributed by atoms with E-state index < -0.39 is 11.8 Å². The zero-order chi connectivity index (χ0) is 27.6. The van der Waals surface area contributed by atoms with Crippen LogP contribution in [0.1, 0.15) is 58.5 Å². The number of halogens is 1. The first-order valence-corrected chi connectivity index (χ1v) is 13.2. The number of nitriles is 1. The maximum absolute atomic E-state index is 14.2. The van der Waals surface area contributed by atoms with Crippen molar-refractivity contribution in [1.29, 1.82) is 5.26 Å². The second kappa shape index (κ2) is 11.0. The number of benzene rings is 1. The first-order valence-electron chi connectivity index (χ1n) is 13.2. The van der Waals surface area contributed by atoms with E-state index in [0.717, 1.165) is 43.9 Å². The Morgan fingerprint density at radius 1 is 1.18 bits per heavy atom. The number of ether oxygens (including phenoxy) is 2. The van der Waals surface area contributed by atoms with E-state index in [1.807, 2.05) is 22.8 Å². The molecule has 2 aliphatic heterocycles. The summed E-state index contributed by atoms with van der Waals surface area (Å²) in [6.45, 7) is 3.52. The van der Waals surface area contributed by atoms with Gasteiger partial charge in [-0.05, 0) is 50.6 Å². The number of carboxylic acids is 1. The Morgan fingerprint density at radius 2 is 2.00 bits per heavy atom. The first kappa shape index (κ1) is 25.9. The van der Waals surface area contributed by atoms with Crippen molar-refractivity contribution in [2.45, 2.75) is 51.0 Å². The molecule has 0 aliphatic carbocycles. The third-order valence-corrected chi connectivity index (χ3v) is 7.42. The molecule has 2 fully saturated rings. The molecular weight excluding hydrogens is 519 g/mol. The molecule has 5 heterocycles. The summed E-state index contributed by atoms with van der Waals surface area (Å²) in [5.74, 6) is -0.609. The van der Waals surface area contributed by atoms with E-state index in [0.29, 0.717) is 42.5 Å². The Morgan fingerprint density at radius 3 is 2.70 bits per heavy atom. The predicted molar refractivity (Wildman–Crippen MR) is 138 cm³/mol. The molecule has 0 amide bonds. The molecule has 206 valence electrons. The van der Waals surface area contributed by atoms with Crippen LogP contribution < -0.4 is 4.74 Å². The highest BCUT2D eigenvalue weighted by Crippen LogP contribution is 2.30. The Bertz CT molecular complexity index is 1580. The lowest BCUT2D eigenvalue weighted by molar-refractivity contribution is -0.0595. The lowest BCUT2D eigenvalue weighted by Gasteiger charge is -2.32. The van der Waals surface area contributed by atoms with Crippen LogP contribution in [0.2, 0.25) is 0 Å². The minimum atomic E-state index is -1.22. The Balaban J connectivity index is 1.08. The average molecular weight is 547 g/mol. The molecule has 2 aliphatic rings. The van der Waals surface area contributed by atoms with E-state index >= 15 is 0 Å². The number of carboxylic acid groups (broad SMARTS) is 1. The molecule has 6 rings (SSSR count). The second-order valence-corrected chi connectivity index (χ2v) is 10.0. The minimum Gasteiger partial charge on any atom is -0.474 e. The van der Waals surface area contributed by atoms with Crippen molar-refractivity contribution in [3.8, 4) is 11.9 Å². The fourth-order valence-electron chi connectivity index (χ4n) is 5.10. The predicted octanol–water partition coefficient (Wildman–Crippen LogP) is 3.88. The largest absolute Gasteiger partial charge is 0.474 e. The van der Waals surface area contributed by atoms with E-state index in [2.05, 4.69) is 19.9 Å². The molecular formula is C28H27FN6O5. The molecule has 1 aromatic carbocycles. The van der Waals surface area contributed by atoms with Gasteiger partial charge in [0, 0.05) is 29.8 Å². The second-order valence-electron chi connectivity index (χ2n) is 10.0. The third-order valence-electron chi connectivity index (χ3n) is 7.42. The van der Waals surface area contributed by atoms with E-state index in [1.165, 1.54) is 6.07 Å². The van der Waals surface area contributed by atoms with Crippen molar-refractivity contribution >= 4 is 17.3 Å². The van der Waals surface area contributed by atoms with Crippen LogP contribution in [0.3, 0.4) is 0 Å². The van der Waals surface area contributed by atoms with Gasteiger partial charge in [0.2, 0.25) is 17.2 Å². The van der Waals surface area contributed by atoms with Crippen molar-refractivity contribution in [3.63, 3.8) is 0 Å². The summed E-state index contributed by atoms with van der Waals surface area (Å²) < 4.78 is 33.0. The SMILES string of the molecule is N#Cc1ccc(COc2cccc(C3CCN(Cc4nc5nc(C(=O)O)oc5n4CC4CCO4)CC3)n2)c(F)c1. The summed E-state index contributed by atoms with van der Waals surface area (Å²) in [6.07, 6.45) is 2.77. The molecule has 4 aromatic rings. The summed E-state index contributed by atoms with van der Waals surface area (Å²) in [5, 5.41) is 18.2. The zero-order valence-corrected chi connectivity index (χ0v) is 21.6. The van der Waals surface area contributed by atoms with Gasteiger partial charge in [-0.2, -0.15) is 10.2 Å². The van der Waals surface area contributed by atoms with Crippen molar-refractivity contribution in [3.05, 3.63) is 70.8 Å². The number of oxazole rings is 1. The van der Waals surface area contributed by atoms with Crippen LogP contribution in [0.15, 0.2) is 40.8 Å². The minimum absolute atomic E-state index is 0.0245. The number of aromatic carboxylic acids is 1. The summed E-state index contributed by atoms with van der Waals surface area (Å²) in [6, 6.07) is 11.9. The number of nitrogens with zero attached hydrogens (tertiary/aromatic N) is 6. The van der Waals surface area contributed by atoms with Gasteiger partial charge in [-0.15, -0.1) is 0 Å². The molecule has 0 saturated carbocycles. The molecule has 3 aromatic heterocycles. The quantitative estimate of drug-likeness (QED) is 0.329. The smallest absolute Gasteiger partial charge is 0.392 e. The molecule has 0 radical (unpaired) electrons. The van der Waals surface area contributed by atoms with Crippen molar-refractivity contribution in [1.82, 2.24) is 24.4 Å². The van der Waals surface area contributed by atoms with Crippen molar-refractivity contribution < 1.29 is 28.2 Å². The van der Waals surface area contributed by atoms with Crippen LogP contribution >= 0.6 is 0 Å². The van der Waals surface area contributed by atoms with Crippen LogP contribution in [-0.2, 0) is 24.4 Å². The van der Waals surface area contributed by atoms with Gasteiger partial charge in [0.25, 0.3) is 0 Å². The molecule has 11 nitrogen and oxygen atoms in total. The van der Waals surface area contributed by atoms with Gasteiger partial charge in [-0.1, -0.05) is 12.1 Å². The standard InChI is InChI=1S/C28H27FN6O5/c29-21-12-17(13-30)4-5-19(21)16-39-24-3-1-2-22(31-24)18-6-9-34(10-7-18)15-23-32-25-27(40-26(33-25)28(36)37)35(23)14-20-8-11-38-20/h1-5,12,18,20H,6-11,14-16H2,(H,36,37).